The number of carbonyl (C=O) groups excluding carboxylic acids is 1. The lowest BCUT2D eigenvalue weighted by Crippen LogP contribution is -2.12. The van der Waals surface area contributed by atoms with Gasteiger partial charge in [-0.3, -0.25) is 9.78 Å². The predicted molar refractivity (Wildman–Crippen MR) is 73.4 cm³/mol. The second kappa shape index (κ2) is 5.38. The van der Waals surface area contributed by atoms with Crippen LogP contribution in [0.3, 0.4) is 0 Å². The van der Waals surface area contributed by atoms with Crippen LogP contribution in [0.15, 0.2) is 36.5 Å². The molecule has 0 fully saturated rings. The molecule has 0 unspecified atom stereocenters. The van der Waals surface area contributed by atoms with Gasteiger partial charge in [0, 0.05) is 17.6 Å². The van der Waals surface area contributed by atoms with Crippen LogP contribution in [0.5, 0.6) is 0 Å². The maximum atomic E-state index is 12.0. The normalized spacial score (nSPS) is 10.2. The van der Waals surface area contributed by atoms with Gasteiger partial charge in [-0.15, -0.1) is 0 Å². The SMILES string of the molecule is Cc1cc(NC(=O)c2cccc(Cl)c2Cl)ccn1. The summed E-state index contributed by atoms with van der Waals surface area (Å²) in [5.74, 6) is -0.298. The minimum Gasteiger partial charge on any atom is -0.322 e. The zero-order valence-corrected chi connectivity index (χ0v) is 11.1. The van der Waals surface area contributed by atoms with E-state index in [1.54, 1.807) is 36.5 Å². The fourth-order valence-electron chi connectivity index (χ4n) is 1.50. The average molecular weight is 281 g/mol. The van der Waals surface area contributed by atoms with Crippen molar-refractivity contribution < 1.29 is 4.79 Å². The van der Waals surface area contributed by atoms with Crippen LogP contribution < -0.4 is 5.32 Å². The van der Waals surface area contributed by atoms with Crippen molar-refractivity contribution in [2.24, 2.45) is 0 Å². The van der Waals surface area contributed by atoms with E-state index in [2.05, 4.69) is 10.3 Å². The number of nitrogens with zero attached hydrogens (tertiary/aromatic N) is 1. The molecule has 2 aromatic rings. The number of rotatable bonds is 2. The highest BCUT2D eigenvalue weighted by Crippen LogP contribution is 2.26. The topological polar surface area (TPSA) is 42.0 Å². The molecule has 0 saturated carbocycles. The Morgan fingerprint density at radius 3 is 2.78 bits per heavy atom. The average Bonchev–Trinajstić information content (AvgIpc) is 2.32. The first kappa shape index (κ1) is 12.9. The van der Waals surface area contributed by atoms with Gasteiger partial charge in [-0.25, -0.2) is 0 Å². The van der Waals surface area contributed by atoms with E-state index in [1.807, 2.05) is 6.92 Å². The van der Waals surface area contributed by atoms with Gasteiger partial charge in [0.25, 0.3) is 5.91 Å². The van der Waals surface area contributed by atoms with Crippen molar-refractivity contribution in [1.82, 2.24) is 4.98 Å². The monoisotopic (exact) mass is 280 g/mol. The summed E-state index contributed by atoms with van der Waals surface area (Å²) in [5.41, 5.74) is 1.84. The van der Waals surface area contributed by atoms with E-state index in [4.69, 9.17) is 23.2 Å². The summed E-state index contributed by atoms with van der Waals surface area (Å²) in [6.07, 6.45) is 1.63. The molecule has 2 rings (SSSR count). The standard InChI is InChI=1S/C13H10Cl2N2O/c1-8-7-9(5-6-16-8)17-13(18)10-3-2-4-11(14)12(10)15/h2-7H,1H3,(H,16,17,18). The number of halogens is 2. The molecule has 0 saturated heterocycles. The van der Waals surface area contributed by atoms with Crippen LogP contribution in [0.1, 0.15) is 16.1 Å². The highest BCUT2D eigenvalue weighted by atomic mass is 35.5. The minimum absolute atomic E-state index is 0.252. The summed E-state index contributed by atoms with van der Waals surface area (Å²) in [6.45, 7) is 1.85. The first-order valence-electron chi connectivity index (χ1n) is 5.26. The number of pyridine rings is 1. The summed E-state index contributed by atoms with van der Waals surface area (Å²) >= 11 is 11.8. The van der Waals surface area contributed by atoms with Crippen molar-refractivity contribution in [2.45, 2.75) is 6.92 Å². The van der Waals surface area contributed by atoms with Crippen LogP contribution in [-0.4, -0.2) is 10.9 Å². The third-order valence-electron chi connectivity index (χ3n) is 2.35. The Morgan fingerprint density at radius 2 is 2.06 bits per heavy atom. The number of aromatic nitrogens is 1. The second-order valence-electron chi connectivity index (χ2n) is 3.74. The number of carbonyl (C=O) groups is 1. The number of amides is 1. The van der Waals surface area contributed by atoms with Gasteiger partial charge < -0.3 is 5.32 Å². The first-order valence-corrected chi connectivity index (χ1v) is 6.01. The Bertz CT molecular complexity index is 599. The highest BCUT2D eigenvalue weighted by molar-refractivity contribution is 6.44. The van der Waals surface area contributed by atoms with Gasteiger partial charge in [0.05, 0.1) is 15.6 Å². The number of hydrogen-bond donors (Lipinski definition) is 1. The summed E-state index contributed by atoms with van der Waals surface area (Å²) in [6, 6.07) is 8.43. The summed E-state index contributed by atoms with van der Waals surface area (Å²) in [4.78, 5) is 16.1. The number of aryl methyl sites for hydroxylation is 1. The fourth-order valence-corrected chi connectivity index (χ4v) is 1.89. The smallest absolute Gasteiger partial charge is 0.257 e. The number of nitrogens with one attached hydrogen (secondary N) is 1. The van der Waals surface area contributed by atoms with Crippen LogP contribution in [0.4, 0.5) is 5.69 Å². The van der Waals surface area contributed by atoms with Crippen LogP contribution in [0.25, 0.3) is 0 Å². The third kappa shape index (κ3) is 2.81. The van der Waals surface area contributed by atoms with Crippen LogP contribution >= 0.6 is 23.2 Å². The van der Waals surface area contributed by atoms with Gasteiger partial charge in [-0.2, -0.15) is 0 Å². The Balaban J connectivity index is 2.25. The molecule has 1 aromatic carbocycles. The van der Waals surface area contributed by atoms with E-state index in [0.29, 0.717) is 16.3 Å². The molecule has 0 aliphatic heterocycles. The lowest BCUT2D eigenvalue weighted by Gasteiger charge is -2.07. The maximum absolute atomic E-state index is 12.0. The molecule has 1 aromatic heterocycles. The molecule has 5 heteroatoms. The molecule has 1 heterocycles. The molecule has 1 N–H and O–H groups in total. The second-order valence-corrected chi connectivity index (χ2v) is 4.53. The van der Waals surface area contributed by atoms with Gasteiger partial charge in [-0.05, 0) is 31.2 Å². The summed E-state index contributed by atoms with van der Waals surface area (Å²) in [5, 5.41) is 3.35. The molecule has 3 nitrogen and oxygen atoms in total. The lowest BCUT2D eigenvalue weighted by molar-refractivity contribution is 0.102. The zero-order chi connectivity index (χ0) is 13.1. The predicted octanol–water partition coefficient (Wildman–Crippen LogP) is 3.95. The highest BCUT2D eigenvalue weighted by Gasteiger charge is 2.12. The molecule has 0 spiro atoms. The van der Waals surface area contributed by atoms with Crippen LogP contribution in [0, 0.1) is 6.92 Å². The largest absolute Gasteiger partial charge is 0.322 e. The van der Waals surface area contributed by atoms with E-state index in [1.165, 1.54) is 0 Å². The fraction of sp³-hybridized carbons (Fsp3) is 0.0769. The van der Waals surface area contributed by atoms with E-state index in [-0.39, 0.29) is 10.9 Å². The molecule has 0 aliphatic rings. The van der Waals surface area contributed by atoms with Crippen molar-refractivity contribution in [3.8, 4) is 0 Å². The number of benzene rings is 1. The lowest BCUT2D eigenvalue weighted by atomic mass is 10.2. The van der Waals surface area contributed by atoms with Crippen molar-refractivity contribution in [1.29, 1.82) is 0 Å². The third-order valence-corrected chi connectivity index (χ3v) is 3.17. The number of anilines is 1. The van der Waals surface area contributed by atoms with Crippen molar-refractivity contribution >= 4 is 34.8 Å². The van der Waals surface area contributed by atoms with Crippen molar-refractivity contribution in [3.63, 3.8) is 0 Å². The molecule has 1 amide bonds. The van der Waals surface area contributed by atoms with Crippen molar-refractivity contribution in [3.05, 3.63) is 57.8 Å². The first-order chi connectivity index (χ1) is 8.58. The molecule has 0 atom stereocenters. The van der Waals surface area contributed by atoms with Gasteiger partial charge in [0.1, 0.15) is 0 Å². The van der Waals surface area contributed by atoms with Gasteiger partial charge in [0.15, 0.2) is 0 Å². The van der Waals surface area contributed by atoms with E-state index < -0.39 is 0 Å². The summed E-state index contributed by atoms with van der Waals surface area (Å²) in [7, 11) is 0. The van der Waals surface area contributed by atoms with E-state index in [9.17, 15) is 4.79 Å². The zero-order valence-electron chi connectivity index (χ0n) is 9.58. The van der Waals surface area contributed by atoms with Crippen LogP contribution in [-0.2, 0) is 0 Å². The summed E-state index contributed by atoms with van der Waals surface area (Å²) < 4.78 is 0. The van der Waals surface area contributed by atoms with Crippen LogP contribution in [0.2, 0.25) is 10.0 Å². The van der Waals surface area contributed by atoms with Crippen molar-refractivity contribution in [2.75, 3.05) is 5.32 Å². The van der Waals surface area contributed by atoms with Gasteiger partial charge in [-0.1, -0.05) is 29.3 Å². The number of hydrogen-bond acceptors (Lipinski definition) is 2. The Kier molecular flexibility index (Phi) is 3.84. The molecule has 18 heavy (non-hydrogen) atoms. The van der Waals surface area contributed by atoms with Gasteiger partial charge in [0.2, 0.25) is 0 Å². The molecule has 0 aliphatic carbocycles. The quantitative estimate of drug-likeness (QED) is 0.905. The Hall–Kier alpha value is -1.58. The van der Waals surface area contributed by atoms with E-state index in [0.717, 1.165) is 5.69 Å². The Labute approximate surface area is 115 Å². The maximum Gasteiger partial charge on any atom is 0.257 e. The van der Waals surface area contributed by atoms with Gasteiger partial charge >= 0.3 is 0 Å². The molecular weight excluding hydrogens is 271 g/mol. The molecule has 92 valence electrons. The molecule has 0 bridgehead atoms. The Morgan fingerprint density at radius 1 is 1.28 bits per heavy atom. The van der Waals surface area contributed by atoms with E-state index >= 15 is 0 Å². The molecule has 0 radical (unpaired) electrons. The minimum atomic E-state index is -0.298. The molecular formula is C13H10Cl2N2O.